The van der Waals surface area contributed by atoms with Crippen LogP contribution in [-0.4, -0.2) is 38.9 Å². The first-order valence-electron chi connectivity index (χ1n) is 6.62. The SMILES string of the molecule is O=C1CCCN1CCCNS(=O)(=O)c1ccc(Br)cc1Cl. The molecule has 0 aromatic heterocycles. The van der Waals surface area contributed by atoms with Crippen LogP contribution >= 0.6 is 27.5 Å². The number of rotatable bonds is 6. The Bertz CT molecular complexity index is 636. The summed E-state index contributed by atoms with van der Waals surface area (Å²) in [5.74, 6) is 0.147. The number of hydrogen-bond acceptors (Lipinski definition) is 3. The van der Waals surface area contributed by atoms with Gasteiger partial charge in [-0.3, -0.25) is 4.79 Å². The van der Waals surface area contributed by atoms with Crippen molar-refractivity contribution in [1.82, 2.24) is 9.62 Å². The Hall–Kier alpha value is -0.630. The molecular weight excluding hydrogens is 380 g/mol. The van der Waals surface area contributed by atoms with E-state index >= 15 is 0 Å². The van der Waals surface area contributed by atoms with Gasteiger partial charge in [0.1, 0.15) is 4.90 Å². The van der Waals surface area contributed by atoms with Crippen molar-refractivity contribution in [3.8, 4) is 0 Å². The lowest BCUT2D eigenvalue weighted by Gasteiger charge is -2.15. The molecule has 0 unspecified atom stereocenters. The van der Waals surface area contributed by atoms with Gasteiger partial charge in [-0.25, -0.2) is 13.1 Å². The quantitative estimate of drug-likeness (QED) is 0.752. The van der Waals surface area contributed by atoms with Gasteiger partial charge in [-0.2, -0.15) is 0 Å². The zero-order valence-electron chi connectivity index (χ0n) is 11.3. The van der Waals surface area contributed by atoms with Gasteiger partial charge in [0.05, 0.1) is 5.02 Å². The minimum atomic E-state index is -3.62. The third-order valence-electron chi connectivity index (χ3n) is 3.25. The maximum absolute atomic E-state index is 12.1. The Kier molecular flexibility index (Phi) is 5.65. The van der Waals surface area contributed by atoms with Crippen molar-refractivity contribution in [1.29, 1.82) is 0 Å². The number of carbonyl (C=O) groups excluding carboxylic acids is 1. The Morgan fingerprint density at radius 1 is 1.38 bits per heavy atom. The third kappa shape index (κ3) is 4.42. The van der Waals surface area contributed by atoms with E-state index in [4.69, 9.17) is 11.6 Å². The Morgan fingerprint density at radius 3 is 2.76 bits per heavy atom. The predicted octanol–water partition coefficient (Wildman–Crippen LogP) is 2.39. The second kappa shape index (κ2) is 7.09. The van der Waals surface area contributed by atoms with Gasteiger partial charge in [0.15, 0.2) is 0 Å². The van der Waals surface area contributed by atoms with Crippen molar-refractivity contribution in [3.63, 3.8) is 0 Å². The molecule has 0 atom stereocenters. The van der Waals surface area contributed by atoms with E-state index < -0.39 is 10.0 Å². The largest absolute Gasteiger partial charge is 0.343 e. The third-order valence-corrected chi connectivity index (χ3v) is 5.69. The van der Waals surface area contributed by atoms with Gasteiger partial charge < -0.3 is 4.90 Å². The first-order chi connectivity index (χ1) is 9.90. The van der Waals surface area contributed by atoms with Gasteiger partial charge in [0.2, 0.25) is 15.9 Å². The van der Waals surface area contributed by atoms with Crippen LogP contribution in [0.25, 0.3) is 0 Å². The number of carbonyl (C=O) groups is 1. The maximum Gasteiger partial charge on any atom is 0.242 e. The fourth-order valence-corrected chi connectivity index (χ4v) is 4.30. The average molecular weight is 396 g/mol. The summed E-state index contributed by atoms with van der Waals surface area (Å²) in [6.45, 7) is 1.62. The first-order valence-corrected chi connectivity index (χ1v) is 9.28. The molecule has 1 saturated heterocycles. The highest BCUT2D eigenvalue weighted by Gasteiger charge is 2.20. The smallest absolute Gasteiger partial charge is 0.242 e. The first kappa shape index (κ1) is 16.7. The number of amides is 1. The van der Waals surface area contributed by atoms with Gasteiger partial charge in [0.25, 0.3) is 0 Å². The van der Waals surface area contributed by atoms with E-state index in [1.807, 2.05) is 0 Å². The molecule has 2 rings (SSSR count). The summed E-state index contributed by atoms with van der Waals surface area (Å²) < 4.78 is 27.5. The molecule has 0 spiro atoms. The van der Waals surface area contributed by atoms with Crippen molar-refractivity contribution < 1.29 is 13.2 Å². The van der Waals surface area contributed by atoms with Crippen LogP contribution in [0, 0.1) is 0 Å². The molecule has 1 aromatic carbocycles. The summed E-state index contributed by atoms with van der Waals surface area (Å²) >= 11 is 9.18. The number of nitrogens with zero attached hydrogens (tertiary/aromatic N) is 1. The van der Waals surface area contributed by atoms with Crippen LogP contribution in [0.4, 0.5) is 0 Å². The van der Waals surface area contributed by atoms with Crippen molar-refractivity contribution in [2.45, 2.75) is 24.2 Å². The number of likely N-dealkylation sites (tertiary alicyclic amines) is 1. The zero-order valence-corrected chi connectivity index (χ0v) is 14.5. The van der Waals surface area contributed by atoms with Crippen LogP contribution in [0.3, 0.4) is 0 Å². The van der Waals surface area contributed by atoms with Gasteiger partial charge in [-0.05, 0) is 31.0 Å². The van der Waals surface area contributed by atoms with E-state index in [1.165, 1.54) is 6.07 Å². The van der Waals surface area contributed by atoms with Gasteiger partial charge >= 0.3 is 0 Å². The summed E-state index contributed by atoms with van der Waals surface area (Å²) in [5.41, 5.74) is 0. The summed E-state index contributed by atoms with van der Waals surface area (Å²) in [6, 6.07) is 4.63. The lowest BCUT2D eigenvalue weighted by atomic mass is 10.4. The molecule has 0 radical (unpaired) electrons. The summed E-state index contributed by atoms with van der Waals surface area (Å²) in [4.78, 5) is 13.3. The molecule has 1 aromatic rings. The van der Waals surface area contributed by atoms with Crippen LogP contribution in [0.15, 0.2) is 27.6 Å². The molecule has 1 aliphatic heterocycles. The highest BCUT2D eigenvalue weighted by molar-refractivity contribution is 9.10. The highest BCUT2D eigenvalue weighted by atomic mass is 79.9. The number of hydrogen-bond donors (Lipinski definition) is 1. The zero-order chi connectivity index (χ0) is 15.5. The van der Waals surface area contributed by atoms with E-state index in [0.717, 1.165) is 17.4 Å². The summed E-state index contributed by atoms with van der Waals surface area (Å²) in [7, 11) is -3.62. The molecule has 1 aliphatic rings. The summed E-state index contributed by atoms with van der Waals surface area (Å²) in [6.07, 6.45) is 2.07. The monoisotopic (exact) mass is 394 g/mol. The van der Waals surface area contributed by atoms with E-state index in [9.17, 15) is 13.2 Å². The van der Waals surface area contributed by atoms with Crippen molar-refractivity contribution in [2.75, 3.05) is 19.6 Å². The normalized spacial score (nSPS) is 15.7. The topological polar surface area (TPSA) is 66.5 Å². The number of sulfonamides is 1. The minimum Gasteiger partial charge on any atom is -0.343 e. The summed E-state index contributed by atoms with van der Waals surface area (Å²) in [5, 5.41) is 0.173. The maximum atomic E-state index is 12.1. The van der Waals surface area contributed by atoms with Crippen molar-refractivity contribution in [2.24, 2.45) is 0 Å². The number of nitrogens with one attached hydrogen (secondary N) is 1. The Balaban J connectivity index is 1.88. The molecule has 1 amide bonds. The van der Waals surface area contributed by atoms with Crippen LogP contribution in [0.1, 0.15) is 19.3 Å². The second-order valence-electron chi connectivity index (χ2n) is 4.81. The van der Waals surface area contributed by atoms with Crippen LogP contribution in [0.5, 0.6) is 0 Å². The molecule has 0 bridgehead atoms. The molecule has 21 heavy (non-hydrogen) atoms. The Morgan fingerprint density at radius 2 is 2.14 bits per heavy atom. The van der Waals surface area contributed by atoms with Crippen LogP contribution in [0.2, 0.25) is 5.02 Å². The molecule has 116 valence electrons. The van der Waals surface area contributed by atoms with Crippen molar-refractivity contribution >= 4 is 43.5 Å². The van der Waals surface area contributed by atoms with E-state index in [0.29, 0.717) is 19.4 Å². The van der Waals surface area contributed by atoms with E-state index in [-0.39, 0.29) is 22.4 Å². The van der Waals surface area contributed by atoms with Gasteiger partial charge in [0, 0.05) is 30.5 Å². The number of benzene rings is 1. The van der Waals surface area contributed by atoms with E-state index in [1.54, 1.807) is 17.0 Å². The molecule has 1 heterocycles. The fraction of sp³-hybridized carbons (Fsp3) is 0.462. The standard InChI is InChI=1S/C13H16BrClN2O3S/c14-10-4-5-12(11(15)9-10)21(19,20)16-6-2-8-17-7-1-3-13(17)18/h4-5,9,16H,1-3,6-8H2. The lowest BCUT2D eigenvalue weighted by Crippen LogP contribution is -2.30. The molecule has 8 heteroatoms. The second-order valence-corrected chi connectivity index (χ2v) is 7.87. The predicted molar refractivity (Wildman–Crippen MR) is 84.8 cm³/mol. The van der Waals surface area contributed by atoms with E-state index in [2.05, 4.69) is 20.7 Å². The molecular formula is C13H16BrClN2O3S. The minimum absolute atomic E-state index is 0.0598. The lowest BCUT2D eigenvalue weighted by molar-refractivity contribution is -0.127. The molecule has 0 saturated carbocycles. The van der Waals surface area contributed by atoms with Crippen LogP contribution < -0.4 is 4.72 Å². The van der Waals surface area contributed by atoms with Gasteiger partial charge in [-0.1, -0.05) is 27.5 Å². The van der Waals surface area contributed by atoms with Crippen molar-refractivity contribution in [3.05, 3.63) is 27.7 Å². The fourth-order valence-electron chi connectivity index (χ4n) is 2.19. The van der Waals surface area contributed by atoms with Crippen LogP contribution in [-0.2, 0) is 14.8 Å². The number of halogens is 2. The molecule has 1 fully saturated rings. The highest BCUT2D eigenvalue weighted by Crippen LogP contribution is 2.25. The molecule has 1 N–H and O–H groups in total. The van der Waals surface area contributed by atoms with Gasteiger partial charge in [-0.15, -0.1) is 0 Å². The molecule has 5 nitrogen and oxygen atoms in total. The average Bonchev–Trinajstić information content (AvgIpc) is 2.80. The molecule has 0 aliphatic carbocycles. The Labute approximate surface area is 137 Å².